The number of amides is 1. The Morgan fingerprint density at radius 1 is 1.38 bits per heavy atom. The summed E-state index contributed by atoms with van der Waals surface area (Å²) in [6.07, 6.45) is 4.69. The fourth-order valence-electron chi connectivity index (χ4n) is 1.84. The second-order valence-electron chi connectivity index (χ2n) is 4.84. The van der Waals surface area contributed by atoms with Gasteiger partial charge in [0.2, 0.25) is 5.91 Å². The third-order valence-electron chi connectivity index (χ3n) is 3.05. The van der Waals surface area contributed by atoms with Gasteiger partial charge < -0.3 is 11.1 Å². The second-order valence-corrected chi connectivity index (χ2v) is 4.84. The Bertz CT molecular complexity index is 638. The Hall–Kier alpha value is -2.06. The molecule has 1 fully saturated rings. The van der Waals surface area contributed by atoms with E-state index < -0.39 is 0 Å². The molecule has 0 aliphatic heterocycles. The van der Waals surface area contributed by atoms with Gasteiger partial charge in [0.25, 0.3) is 0 Å². The van der Waals surface area contributed by atoms with E-state index in [2.05, 4.69) is 25.4 Å². The van der Waals surface area contributed by atoms with Gasteiger partial charge in [0.05, 0.1) is 6.04 Å². The van der Waals surface area contributed by atoms with Crippen LogP contribution in [0.15, 0.2) is 18.7 Å². The minimum absolute atomic E-state index is 0. The lowest BCUT2D eigenvalue weighted by molar-refractivity contribution is -0.117. The van der Waals surface area contributed by atoms with E-state index in [1.165, 1.54) is 12.7 Å². The summed E-state index contributed by atoms with van der Waals surface area (Å²) in [6, 6.07) is 1.39. The van der Waals surface area contributed by atoms with Crippen molar-refractivity contribution in [3.63, 3.8) is 0 Å². The lowest BCUT2D eigenvalue weighted by Gasteiger charge is -2.09. The molecule has 1 saturated carbocycles. The van der Waals surface area contributed by atoms with Crippen molar-refractivity contribution in [2.45, 2.75) is 25.8 Å². The van der Waals surface area contributed by atoms with Crippen molar-refractivity contribution in [2.24, 2.45) is 11.7 Å². The SMILES string of the molecule is C[C@H](N)c1ncnn1-c1cc(NC(=O)C2CC2)ncn1.Cl. The molecular weight excluding hydrogens is 294 g/mol. The maximum absolute atomic E-state index is 11.7. The zero-order valence-corrected chi connectivity index (χ0v) is 12.2. The molecule has 21 heavy (non-hydrogen) atoms. The molecule has 1 amide bonds. The first-order valence-electron chi connectivity index (χ1n) is 6.44. The van der Waals surface area contributed by atoms with Gasteiger partial charge >= 0.3 is 0 Å². The van der Waals surface area contributed by atoms with Crippen molar-refractivity contribution in [3.8, 4) is 5.82 Å². The number of carbonyl (C=O) groups excluding carboxylic acids is 1. The van der Waals surface area contributed by atoms with Crippen molar-refractivity contribution in [3.05, 3.63) is 24.5 Å². The van der Waals surface area contributed by atoms with E-state index in [1.54, 1.807) is 10.7 Å². The van der Waals surface area contributed by atoms with Crippen LogP contribution in [-0.4, -0.2) is 30.6 Å². The van der Waals surface area contributed by atoms with E-state index in [9.17, 15) is 4.79 Å². The summed E-state index contributed by atoms with van der Waals surface area (Å²) in [5.41, 5.74) is 5.83. The predicted molar refractivity (Wildman–Crippen MR) is 78.2 cm³/mol. The minimum atomic E-state index is -0.267. The largest absolute Gasteiger partial charge is 0.322 e. The first-order chi connectivity index (χ1) is 9.65. The van der Waals surface area contributed by atoms with Crippen LogP contribution in [0.5, 0.6) is 0 Å². The number of halogens is 1. The Morgan fingerprint density at radius 2 is 2.14 bits per heavy atom. The summed E-state index contributed by atoms with van der Waals surface area (Å²) in [6.45, 7) is 1.82. The topological polar surface area (TPSA) is 112 Å². The monoisotopic (exact) mass is 309 g/mol. The van der Waals surface area contributed by atoms with Crippen LogP contribution in [0.3, 0.4) is 0 Å². The Balaban J connectivity index is 0.00000161. The average molecular weight is 310 g/mol. The highest BCUT2D eigenvalue weighted by atomic mass is 35.5. The van der Waals surface area contributed by atoms with Gasteiger partial charge in [-0.2, -0.15) is 9.78 Å². The van der Waals surface area contributed by atoms with Crippen LogP contribution in [0.25, 0.3) is 5.82 Å². The molecule has 2 aromatic heterocycles. The number of hydrogen-bond donors (Lipinski definition) is 2. The van der Waals surface area contributed by atoms with E-state index in [1.807, 2.05) is 6.92 Å². The third-order valence-corrected chi connectivity index (χ3v) is 3.05. The molecule has 1 aliphatic rings. The van der Waals surface area contributed by atoms with E-state index in [-0.39, 0.29) is 30.3 Å². The summed E-state index contributed by atoms with van der Waals surface area (Å²) in [5, 5.41) is 6.87. The molecule has 0 radical (unpaired) electrons. The summed E-state index contributed by atoms with van der Waals surface area (Å²) in [7, 11) is 0. The molecule has 9 heteroatoms. The molecule has 0 spiro atoms. The van der Waals surface area contributed by atoms with Gasteiger partial charge in [-0.15, -0.1) is 12.4 Å². The summed E-state index contributed by atoms with van der Waals surface area (Å²) in [5.74, 6) is 1.71. The molecule has 0 saturated heterocycles. The summed E-state index contributed by atoms with van der Waals surface area (Å²) < 4.78 is 1.54. The first-order valence-corrected chi connectivity index (χ1v) is 6.44. The minimum Gasteiger partial charge on any atom is -0.322 e. The van der Waals surface area contributed by atoms with Gasteiger partial charge in [-0.25, -0.2) is 15.0 Å². The summed E-state index contributed by atoms with van der Waals surface area (Å²) >= 11 is 0. The Kier molecular flexibility index (Phi) is 4.49. The van der Waals surface area contributed by atoms with Crippen molar-refractivity contribution in [1.29, 1.82) is 0 Å². The van der Waals surface area contributed by atoms with Gasteiger partial charge in [0.15, 0.2) is 11.6 Å². The molecule has 8 nitrogen and oxygen atoms in total. The highest BCUT2D eigenvalue weighted by molar-refractivity contribution is 5.93. The normalized spacial score (nSPS) is 15.1. The van der Waals surface area contributed by atoms with Crippen LogP contribution < -0.4 is 11.1 Å². The van der Waals surface area contributed by atoms with E-state index in [0.717, 1.165) is 12.8 Å². The van der Waals surface area contributed by atoms with Crippen molar-refractivity contribution >= 4 is 24.1 Å². The number of nitrogens with two attached hydrogens (primary N) is 1. The van der Waals surface area contributed by atoms with Gasteiger partial charge in [0.1, 0.15) is 18.5 Å². The van der Waals surface area contributed by atoms with Crippen molar-refractivity contribution < 1.29 is 4.79 Å². The number of hydrogen-bond acceptors (Lipinski definition) is 6. The fourth-order valence-corrected chi connectivity index (χ4v) is 1.84. The molecule has 2 aromatic rings. The highest BCUT2D eigenvalue weighted by Crippen LogP contribution is 2.30. The molecule has 1 aliphatic carbocycles. The number of carbonyl (C=O) groups is 1. The number of nitrogens with one attached hydrogen (secondary N) is 1. The summed E-state index contributed by atoms with van der Waals surface area (Å²) in [4.78, 5) is 24.0. The van der Waals surface area contributed by atoms with Gasteiger partial charge in [-0.3, -0.25) is 4.79 Å². The van der Waals surface area contributed by atoms with Gasteiger partial charge in [-0.05, 0) is 19.8 Å². The molecule has 1 atom stereocenters. The average Bonchev–Trinajstić information content (AvgIpc) is 3.16. The van der Waals surface area contributed by atoms with Crippen LogP contribution >= 0.6 is 12.4 Å². The lowest BCUT2D eigenvalue weighted by Crippen LogP contribution is -2.17. The van der Waals surface area contributed by atoms with Crippen molar-refractivity contribution in [1.82, 2.24) is 24.7 Å². The zero-order valence-electron chi connectivity index (χ0n) is 11.4. The van der Waals surface area contributed by atoms with E-state index in [0.29, 0.717) is 17.5 Å². The highest BCUT2D eigenvalue weighted by Gasteiger charge is 2.29. The van der Waals surface area contributed by atoms with Crippen LogP contribution in [0.4, 0.5) is 5.82 Å². The van der Waals surface area contributed by atoms with Gasteiger partial charge in [-0.1, -0.05) is 0 Å². The quantitative estimate of drug-likeness (QED) is 0.866. The Labute approximate surface area is 127 Å². The number of rotatable bonds is 4. The van der Waals surface area contributed by atoms with Crippen LogP contribution in [0.1, 0.15) is 31.6 Å². The molecule has 112 valence electrons. The van der Waals surface area contributed by atoms with E-state index >= 15 is 0 Å². The first kappa shape index (κ1) is 15.3. The van der Waals surface area contributed by atoms with Crippen LogP contribution in [-0.2, 0) is 4.79 Å². The number of anilines is 1. The maximum Gasteiger partial charge on any atom is 0.228 e. The maximum atomic E-state index is 11.7. The molecule has 0 aromatic carbocycles. The standard InChI is InChI=1S/C12H15N7O.ClH/c1-7(13)11-16-6-17-19(11)10-4-9(14-5-15-10)18-12(20)8-2-3-8;/h4-8H,2-3,13H2,1H3,(H,14,15,18,20);1H/t7-;/m0./s1. The molecule has 3 N–H and O–H groups in total. The lowest BCUT2D eigenvalue weighted by atomic mass is 10.3. The fraction of sp³-hybridized carbons (Fsp3) is 0.417. The predicted octanol–water partition coefficient (Wildman–Crippen LogP) is 0.847. The molecule has 0 unspecified atom stereocenters. The Morgan fingerprint density at radius 3 is 2.81 bits per heavy atom. The zero-order chi connectivity index (χ0) is 14.1. The third kappa shape index (κ3) is 3.34. The van der Waals surface area contributed by atoms with E-state index in [4.69, 9.17) is 5.73 Å². The van der Waals surface area contributed by atoms with Crippen molar-refractivity contribution in [2.75, 3.05) is 5.32 Å². The molecule has 2 heterocycles. The van der Waals surface area contributed by atoms with Crippen LogP contribution in [0.2, 0.25) is 0 Å². The molecular formula is C12H16ClN7O. The van der Waals surface area contributed by atoms with Crippen LogP contribution in [0, 0.1) is 5.92 Å². The van der Waals surface area contributed by atoms with Gasteiger partial charge in [0, 0.05) is 12.0 Å². The number of nitrogens with zero attached hydrogens (tertiary/aromatic N) is 5. The second kappa shape index (κ2) is 6.15. The molecule has 3 rings (SSSR count). The number of aromatic nitrogens is 5. The molecule has 0 bridgehead atoms. The smallest absolute Gasteiger partial charge is 0.228 e.